The molecule has 2 N–H and O–H groups in total. The van der Waals surface area contributed by atoms with Crippen molar-refractivity contribution in [2.24, 2.45) is 5.92 Å². The second-order valence-electron chi connectivity index (χ2n) is 5.13. The molecule has 0 atom stereocenters. The van der Waals surface area contributed by atoms with Crippen molar-refractivity contribution in [3.8, 4) is 5.75 Å². The van der Waals surface area contributed by atoms with Gasteiger partial charge in [0.25, 0.3) is 5.56 Å². The average Bonchev–Trinajstić information content (AvgIpc) is 2.47. The molecule has 0 unspecified atom stereocenters. The lowest BCUT2D eigenvalue weighted by Crippen LogP contribution is -2.12. The second-order valence-corrected chi connectivity index (χ2v) is 5.51. The van der Waals surface area contributed by atoms with Crippen LogP contribution in [0, 0.1) is 5.92 Å². The van der Waals surface area contributed by atoms with Crippen molar-refractivity contribution in [1.29, 1.82) is 0 Å². The summed E-state index contributed by atoms with van der Waals surface area (Å²) in [6, 6.07) is 7.80. The van der Waals surface area contributed by atoms with Crippen molar-refractivity contribution in [2.45, 2.75) is 20.4 Å². The highest BCUT2D eigenvalue weighted by Gasteiger charge is 2.05. The molecule has 1 heterocycles. The number of hydrogen-bond acceptors (Lipinski definition) is 4. The van der Waals surface area contributed by atoms with Crippen molar-refractivity contribution in [1.82, 2.24) is 10.2 Å². The van der Waals surface area contributed by atoms with Crippen LogP contribution in [0.4, 0.5) is 5.69 Å². The summed E-state index contributed by atoms with van der Waals surface area (Å²) >= 11 is 5.90. The van der Waals surface area contributed by atoms with E-state index in [0.29, 0.717) is 24.8 Å². The van der Waals surface area contributed by atoms with Gasteiger partial charge in [0.2, 0.25) is 0 Å². The van der Waals surface area contributed by atoms with Crippen molar-refractivity contribution in [3.63, 3.8) is 0 Å². The molecule has 0 radical (unpaired) electrons. The third-order valence-corrected chi connectivity index (χ3v) is 3.14. The van der Waals surface area contributed by atoms with E-state index < -0.39 is 5.56 Å². The number of H-pyrrole nitrogens is 1. The lowest BCUT2D eigenvalue weighted by atomic mass is 10.2. The van der Waals surface area contributed by atoms with Crippen molar-refractivity contribution in [3.05, 3.63) is 51.4 Å². The Morgan fingerprint density at radius 2 is 2.24 bits per heavy atom. The molecule has 0 aliphatic carbocycles. The van der Waals surface area contributed by atoms with E-state index in [-0.39, 0.29) is 5.02 Å². The molecule has 2 rings (SSSR count). The Morgan fingerprint density at radius 1 is 1.43 bits per heavy atom. The van der Waals surface area contributed by atoms with Crippen LogP contribution in [0.2, 0.25) is 5.02 Å². The van der Waals surface area contributed by atoms with E-state index in [1.807, 2.05) is 24.3 Å². The molecule has 0 spiro atoms. The number of nitrogens with zero attached hydrogens (tertiary/aromatic N) is 1. The van der Waals surface area contributed by atoms with Gasteiger partial charge in [0.15, 0.2) is 0 Å². The van der Waals surface area contributed by atoms with Gasteiger partial charge in [-0.1, -0.05) is 37.6 Å². The minimum Gasteiger partial charge on any atom is -0.493 e. The first-order valence-electron chi connectivity index (χ1n) is 6.75. The predicted octanol–water partition coefficient (Wildman–Crippen LogP) is 3.07. The summed E-state index contributed by atoms with van der Waals surface area (Å²) in [7, 11) is 0. The van der Waals surface area contributed by atoms with E-state index in [0.717, 1.165) is 11.3 Å². The van der Waals surface area contributed by atoms with Gasteiger partial charge in [0.05, 0.1) is 18.5 Å². The fraction of sp³-hybridized carbons (Fsp3) is 0.333. The van der Waals surface area contributed by atoms with Gasteiger partial charge in [-0.15, -0.1) is 0 Å². The number of ether oxygens (including phenoxy) is 1. The molecule has 1 aromatic heterocycles. The number of aromatic nitrogens is 2. The van der Waals surface area contributed by atoms with Crippen LogP contribution in [0.5, 0.6) is 5.75 Å². The Balaban J connectivity index is 2.01. The molecule has 0 amide bonds. The maximum atomic E-state index is 11.3. The minimum absolute atomic E-state index is 0.109. The van der Waals surface area contributed by atoms with Crippen LogP contribution in [0.15, 0.2) is 35.3 Å². The SMILES string of the molecule is CC(C)COc1cccc(CNc2cn[nH]c(=O)c2Cl)c1. The van der Waals surface area contributed by atoms with Crippen LogP contribution in [-0.4, -0.2) is 16.8 Å². The van der Waals surface area contributed by atoms with Gasteiger partial charge in [-0.25, -0.2) is 5.10 Å². The number of halogens is 1. The van der Waals surface area contributed by atoms with E-state index in [9.17, 15) is 4.79 Å². The molecule has 21 heavy (non-hydrogen) atoms. The number of aromatic amines is 1. The summed E-state index contributed by atoms with van der Waals surface area (Å²) in [5.41, 5.74) is 1.14. The Kier molecular flexibility index (Phi) is 5.22. The quantitative estimate of drug-likeness (QED) is 0.860. The number of nitrogens with one attached hydrogen (secondary N) is 2. The molecule has 0 saturated carbocycles. The molecule has 0 fully saturated rings. The zero-order valence-corrected chi connectivity index (χ0v) is 12.8. The summed E-state index contributed by atoms with van der Waals surface area (Å²) < 4.78 is 5.68. The van der Waals surface area contributed by atoms with Gasteiger partial charge in [0.1, 0.15) is 10.8 Å². The highest BCUT2D eigenvalue weighted by molar-refractivity contribution is 6.32. The van der Waals surface area contributed by atoms with Crippen LogP contribution in [0.3, 0.4) is 0 Å². The molecule has 1 aromatic carbocycles. The summed E-state index contributed by atoms with van der Waals surface area (Å²) in [5, 5.41) is 9.19. The molecule has 0 saturated heterocycles. The fourth-order valence-corrected chi connectivity index (χ4v) is 1.87. The number of hydrogen-bond donors (Lipinski definition) is 2. The van der Waals surface area contributed by atoms with E-state index in [4.69, 9.17) is 16.3 Å². The van der Waals surface area contributed by atoms with Gasteiger partial charge in [-0.05, 0) is 23.6 Å². The third-order valence-electron chi connectivity index (χ3n) is 2.76. The first kappa shape index (κ1) is 15.4. The van der Waals surface area contributed by atoms with Gasteiger partial charge in [0, 0.05) is 6.54 Å². The van der Waals surface area contributed by atoms with E-state index >= 15 is 0 Å². The standard InChI is InChI=1S/C15H18ClN3O2/c1-10(2)9-21-12-5-3-4-11(6-12)7-17-13-8-18-19-15(20)14(13)16/h3-6,8,10H,7,9H2,1-2H3,(H2,17,19,20). The lowest BCUT2D eigenvalue weighted by molar-refractivity contribution is 0.271. The smallest absolute Gasteiger partial charge is 0.285 e. The van der Waals surface area contributed by atoms with Gasteiger partial charge < -0.3 is 10.1 Å². The highest BCUT2D eigenvalue weighted by atomic mass is 35.5. The van der Waals surface area contributed by atoms with Crippen molar-refractivity contribution < 1.29 is 4.74 Å². The lowest BCUT2D eigenvalue weighted by Gasteiger charge is -2.11. The topological polar surface area (TPSA) is 67.0 Å². The van der Waals surface area contributed by atoms with E-state index in [1.165, 1.54) is 6.20 Å². The number of anilines is 1. The van der Waals surface area contributed by atoms with E-state index in [2.05, 4.69) is 29.4 Å². The zero-order chi connectivity index (χ0) is 15.2. The molecule has 0 bridgehead atoms. The predicted molar refractivity (Wildman–Crippen MR) is 84.0 cm³/mol. The Labute approximate surface area is 128 Å². The molecule has 0 aliphatic rings. The molecule has 2 aromatic rings. The molecular formula is C15H18ClN3O2. The summed E-state index contributed by atoms with van der Waals surface area (Å²) in [5.74, 6) is 1.31. The van der Waals surface area contributed by atoms with Crippen molar-refractivity contribution >= 4 is 17.3 Å². The number of rotatable bonds is 6. The molecule has 6 heteroatoms. The Bertz CT molecular complexity index is 655. The van der Waals surface area contributed by atoms with Crippen LogP contribution in [0.1, 0.15) is 19.4 Å². The number of benzene rings is 1. The third kappa shape index (κ3) is 4.49. The summed E-state index contributed by atoms with van der Waals surface area (Å²) in [4.78, 5) is 11.3. The second kappa shape index (κ2) is 7.13. The fourth-order valence-electron chi connectivity index (χ4n) is 1.71. The molecular weight excluding hydrogens is 290 g/mol. The van der Waals surface area contributed by atoms with Crippen LogP contribution in [-0.2, 0) is 6.54 Å². The first-order valence-corrected chi connectivity index (χ1v) is 7.13. The minimum atomic E-state index is -0.407. The van der Waals surface area contributed by atoms with Crippen LogP contribution in [0.25, 0.3) is 0 Å². The Hall–Kier alpha value is -2.01. The van der Waals surface area contributed by atoms with Crippen LogP contribution >= 0.6 is 11.6 Å². The van der Waals surface area contributed by atoms with Gasteiger partial charge >= 0.3 is 0 Å². The van der Waals surface area contributed by atoms with Gasteiger partial charge in [-0.2, -0.15) is 5.10 Å². The van der Waals surface area contributed by atoms with Crippen molar-refractivity contribution in [2.75, 3.05) is 11.9 Å². The zero-order valence-electron chi connectivity index (χ0n) is 12.0. The largest absolute Gasteiger partial charge is 0.493 e. The average molecular weight is 308 g/mol. The normalized spacial score (nSPS) is 10.7. The summed E-state index contributed by atoms with van der Waals surface area (Å²) in [6.07, 6.45) is 1.49. The van der Waals surface area contributed by atoms with E-state index in [1.54, 1.807) is 0 Å². The molecule has 112 valence electrons. The van der Waals surface area contributed by atoms with Gasteiger partial charge in [-0.3, -0.25) is 4.79 Å². The molecule has 0 aliphatic heterocycles. The summed E-state index contributed by atoms with van der Waals surface area (Å²) in [6.45, 7) is 5.42. The maximum Gasteiger partial charge on any atom is 0.285 e. The highest BCUT2D eigenvalue weighted by Crippen LogP contribution is 2.18. The van der Waals surface area contributed by atoms with Crippen LogP contribution < -0.4 is 15.6 Å². The first-order chi connectivity index (χ1) is 10.1. The monoisotopic (exact) mass is 307 g/mol. The molecule has 5 nitrogen and oxygen atoms in total. The maximum absolute atomic E-state index is 11.3. The Morgan fingerprint density at radius 3 is 3.00 bits per heavy atom.